The Morgan fingerprint density at radius 1 is 1.44 bits per heavy atom. The summed E-state index contributed by atoms with van der Waals surface area (Å²) in [4.78, 5) is 0. The molecule has 0 atom stereocenters. The molecule has 0 amide bonds. The molecule has 0 heterocycles. The summed E-state index contributed by atoms with van der Waals surface area (Å²) in [5.41, 5.74) is 2.59. The molecule has 0 fully saturated rings. The smallest absolute Gasteiger partial charge is 0.145 e. The third-order valence-electron chi connectivity index (χ3n) is 2.09. The van der Waals surface area contributed by atoms with Crippen molar-refractivity contribution in [3.05, 3.63) is 41.1 Å². The van der Waals surface area contributed by atoms with E-state index in [1.165, 1.54) is 6.20 Å². The molecule has 0 saturated heterocycles. The van der Waals surface area contributed by atoms with Crippen LogP contribution in [0.2, 0.25) is 0 Å². The van der Waals surface area contributed by atoms with E-state index in [9.17, 15) is 0 Å². The normalized spacial score (nSPS) is 8.75. The fourth-order valence-electron chi connectivity index (χ4n) is 1.23. The van der Waals surface area contributed by atoms with Crippen molar-refractivity contribution in [2.75, 3.05) is 5.32 Å². The van der Waals surface area contributed by atoms with Crippen molar-refractivity contribution >= 4 is 5.69 Å². The van der Waals surface area contributed by atoms with E-state index in [1.807, 2.05) is 13.0 Å². The van der Waals surface area contributed by atoms with E-state index in [1.54, 1.807) is 24.3 Å². The molecule has 1 aromatic rings. The number of anilines is 1. The highest BCUT2D eigenvalue weighted by atomic mass is 16.3. The Balaban J connectivity index is 2.88. The molecule has 80 valence electrons. The largest absolute Gasteiger partial charge is 0.392 e. The zero-order valence-electron chi connectivity index (χ0n) is 8.86. The topological polar surface area (TPSA) is 79.8 Å². The number of benzene rings is 1. The summed E-state index contributed by atoms with van der Waals surface area (Å²) >= 11 is 0. The van der Waals surface area contributed by atoms with Crippen LogP contribution < -0.4 is 5.32 Å². The van der Waals surface area contributed by atoms with E-state index in [0.717, 1.165) is 16.8 Å². The highest BCUT2D eigenvalue weighted by Crippen LogP contribution is 2.16. The molecule has 0 aliphatic carbocycles. The third kappa shape index (κ3) is 2.84. The average molecular weight is 213 g/mol. The van der Waals surface area contributed by atoms with Crippen molar-refractivity contribution in [1.29, 1.82) is 10.5 Å². The lowest BCUT2D eigenvalue weighted by Crippen LogP contribution is -1.94. The molecular formula is C12H11N3O. The number of hydrogen-bond donors (Lipinski definition) is 2. The van der Waals surface area contributed by atoms with Crippen molar-refractivity contribution in [3.63, 3.8) is 0 Å². The number of rotatable bonds is 3. The van der Waals surface area contributed by atoms with Crippen LogP contribution >= 0.6 is 0 Å². The van der Waals surface area contributed by atoms with E-state index in [0.29, 0.717) is 0 Å². The van der Waals surface area contributed by atoms with Crippen LogP contribution in [0.3, 0.4) is 0 Å². The van der Waals surface area contributed by atoms with Gasteiger partial charge in [0.2, 0.25) is 0 Å². The number of nitrogens with one attached hydrogen (secondary N) is 1. The van der Waals surface area contributed by atoms with Crippen LogP contribution in [0.15, 0.2) is 30.0 Å². The van der Waals surface area contributed by atoms with Crippen LogP contribution in [0, 0.1) is 29.6 Å². The quantitative estimate of drug-likeness (QED) is 0.750. The molecule has 1 aromatic carbocycles. The van der Waals surface area contributed by atoms with Gasteiger partial charge in [0.05, 0.1) is 6.61 Å². The average Bonchev–Trinajstić information content (AvgIpc) is 2.32. The molecule has 16 heavy (non-hydrogen) atoms. The SMILES string of the molecule is Cc1cc(CO)ccc1NC=C(C#N)C#N. The van der Waals surface area contributed by atoms with Gasteiger partial charge in [-0.3, -0.25) is 0 Å². The van der Waals surface area contributed by atoms with Gasteiger partial charge in [0.25, 0.3) is 0 Å². The molecule has 1 rings (SSSR count). The molecule has 0 spiro atoms. The predicted octanol–water partition coefficient (Wildman–Crippen LogP) is 1.83. The van der Waals surface area contributed by atoms with E-state index < -0.39 is 0 Å². The second-order valence-electron chi connectivity index (χ2n) is 3.23. The Labute approximate surface area is 94.1 Å². The summed E-state index contributed by atoms with van der Waals surface area (Å²) in [6.07, 6.45) is 1.36. The number of hydrogen-bond acceptors (Lipinski definition) is 4. The fourth-order valence-corrected chi connectivity index (χ4v) is 1.23. The molecular weight excluding hydrogens is 202 g/mol. The molecule has 0 aromatic heterocycles. The number of aliphatic hydroxyl groups excluding tert-OH is 1. The van der Waals surface area contributed by atoms with Crippen molar-refractivity contribution in [1.82, 2.24) is 0 Å². The first-order valence-corrected chi connectivity index (χ1v) is 4.68. The molecule has 2 N–H and O–H groups in total. The zero-order chi connectivity index (χ0) is 12.0. The van der Waals surface area contributed by atoms with Gasteiger partial charge in [-0.2, -0.15) is 10.5 Å². The Kier molecular flexibility index (Phi) is 4.08. The molecule has 4 nitrogen and oxygen atoms in total. The minimum Gasteiger partial charge on any atom is -0.392 e. The van der Waals surface area contributed by atoms with Gasteiger partial charge >= 0.3 is 0 Å². The van der Waals surface area contributed by atoms with Crippen molar-refractivity contribution < 1.29 is 5.11 Å². The molecule has 0 bridgehead atoms. The van der Waals surface area contributed by atoms with Crippen LogP contribution in [-0.4, -0.2) is 5.11 Å². The minimum atomic E-state index is -0.00139. The summed E-state index contributed by atoms with van der Waals surface area (Å²) < 4.78 is 0. The fraction of sp³-hybridized carbons (Fsp3) is 0.167. The molecule has 0 saturated carbocycles. The molecule has 0 aliphatic heterocycles. The van der Waals surface area contributed by atoms with Crippen LogP contribution in [-0.2, 0) is 6.61 Å². The summed E-state index contributed by atoms with van der Waals surface area (Å²) in [6, 6.07) is 8.94. The molecule has 0 aliphatic rings. The Morgan fingerprint density at radius 3 is 2.62 bits per heavy atom. The minimum absolute atomic E-state index is 0.00139. The van der Waals surface area contributed by atoms with Gasteiger partial charge in [-0.05, 0) is 24.1 Å². The second-order valence-corrected chi connectivity index (χ2v) is 3.23. The van der Waals surface area contributed by atoms with E-state index in [-0.39, 0.29) is 12.2 Å². The Morgan fingerprint density at radius 2 is 2.12 bits per heavy atom. The van der Waals surface area contributed by atoms with Gasteiger partial charge in [0.15, 0.2) is 0 Å². The van der Waals surface area contributed by atoms with E-state index >= 15 is 0 Å². The Bertz CT molecular complexity index is 476. The van der Waals surface area contributed by atoms with Gasteiger partial charge in [0, 0.05) is 11.9 Å². The first-order chi connectivity index (χ1) is 7.71. The summed E-state index contributed by atoms with van der Waals surface area (Å²) in [5.74, 6) is 0. The number of nitriles is 2. The van der Waals surface area contributed by atoms with Gasteiger partial charge in [-0.1, -0.05) is 12.1 Å². The number of aliphatic hydroxyl groups is 1. The predicted molar refractivity (Wildman–Crippen MR) is 60.0 cm³/mol. The Hall–Kier alpha value is -2.30. The molecule has 0 radical (unpaired) electrons. The highest BCUT2D eigenvalue weighted by Gasteiger charge is 1.98. The van der Waals surface area contributed by atoms with Crippen molar-refractivity contribution in [2.24, 2.45) is 0 Å². The van der Waals surface area contributed by atoms with E-state index in [4.69, 9.17) is 15.6 Å². The van der Waals surface area contributed by atoms with Crippen molar-refractivity contribution in [2.45, 2.75) is 13.5 Å². The van der Waals surface area contributed by atoms with Gasteiger partial charge in [-0.15, -0.1) is 0 Å². The monoisotopic (exact) mass is 213 g/mol. The molecule has 0 unspecified atom stereocenters. The first kappa shape index (κ1) is 11.8. The second kappa shape index (κ2) is 5.55. The number of aryl methyl sites for hydroxylation is 1. The van der Waals surface area contributed by atoms with Gasteiger partial charge in [-0.25, -0.2) is 0 Å². The van der Waals surface area contributed by atoms with Crippen LogP contribution in [0.1, 0.15) is 11.1 Å². The highest BCUT2D eigenvalue weighted by molar-refractivity contribution is 5.55. The lowest BCUT2D eigenvalue weighted by atomic mass is 10.1. The third-order valence-corrected chi connectivity index (χ3v) is 2.09. The standard InChI is InChI=1S/C12H11N3O/c1-9-4-10(8-16)2-3-12(9)15-7-11(5-13)6-14/h2-4,7,15-16H,8H2,1H3. The summed E-state index contributed by atoms with van der Waals surface area (Å²) in [7, 11) is 0. The maximum atomic E-state index is 8.93. The maximum Gasteiger partial charge on any atom is 0.145 e. The van der Waals surface area contributed by atoms with Crippen molar-refractivity contribution in [3.8, 4) is 12.1 Å². The van der Waals surface area contributed by atoms with Crippen LogP contribution in [0.5, 0.6) is 0 Å². The van der Waals surface area contributed by atoms with Gasteiger partial charge < -0.3 is 10.4 Å². The number of nitrogens with zero attached hydrogens (tertiary/aromatic N) is 2. The first-order valence-electron chi connectivity index (χ1n) is 4.68. The summed E-state index contributed by atoms with van der Waals surface area (Å²) in [6.45, 7) is 1.88. The lowest BCUT2D eigenvalue weighted by Gasteiger charge is -2.06. The number of allylic oxidation sites excluding steroid dienone is 1. The zero-order valence-corrected chi connectivity index (χ0v) is 8.86. The van der Waals surface area contributed by atoms with Crippen LogP contribution in [0.25, 0.3) is 0 Å². The maximum absolute atomic E-state index is 8.93. The van der Waals surface area contributed by atoms with Crippen LogP contribution in [0.4, 0.5) is 5.69 Å². The van der Waals surface area contributed by atoms with Gasteiger partial charge in [0.1, 0.15) is 17.7 Å². The van der Waals surface area contributed by atoms with E-state index in [2.05, 4.69) is 5.32 Å². The lowest BCUT2D eigenvalue weighted by molar-refractivity contribution is 0.282. The summed E-state index contributed by atoms with van der Waals surface area (Å²) in [5, 5.41) is 28.9. The molecule has 4 heteroatoms.